The Morgan fingerprint density at radius 2 is 2.29 bits per heavy atom. The van der Waals surface area contributed by atoms with Crippen molar-refractivity contribution in [2.45, 2.75) is 33.2 Å². The van der Waals surface area contributed by atoms with E-state index in [1.165, 1.54) is 0 Å². The molecule has 6 heteroatoms. The van der Waals surface area contributed by atoms with Gasteiger partial charge in [-0.1, -0.05) is 0 Å². The molecule has 1 unspecified atom stereocenters. The van der Waals surface area contributed by atoms with Crippen LogP contribution in [-0.4, -0.2) is 46.5 Å². The van der Waals surface area contributed by atoms with Gasteiger partial charge in [0, 0.05) is 19.6 Å². The highest BCUT2D eigenvalue weighted by atomic mass is 16.4. The van der Waals surface area contributed by atoms with Crippen molar-refractivity contribution in [3.05, 3.63) is 24.2 Å². The smallest absolute Gasteiger partial charge is 0.320 e. The molecule has 1 aromatic rings. The van der Waals surface area contributed by atoms with Crippen molar-refractivity contribution in [1.82, 2.24) is 9.80 Å². The predicted molar refractivity (Wildman–Crippen MR) is 76.7 cm³/mol. The molecule has 1 fully saturated rings. The van der Waals surface area contributed by atoms with Crippen LogP contribution in [0.25, 0.3) is 0 Å². The van der Waals surface area contributed by atoms with Crippen molar-refractivity contribution in [2.75, 3.05) is 19.6 Å². The maximum atomic E-state index is 12.6. The molecule has 2 amide bonds. The fourth-order valence-electron chi connectivity index (χ4n) is 2.68. The van der Waals surface area contributed by atoms with Gasteiger partial charge in [-0.2, -0.15) is 0 Å². The van der Waals surface area contributed by atoms with Gasteiger partial charge in [-0.15, -0.1) is 0 Å². The van der Waals surface area contributed by atoms with E-state index in [9.17, 15) is 14.7 Å². The summed E-state index contributed by atoms with van der Waals surface area (Å²) >= 11 is 0. The van der Waals surface area contributed by atoms with Crippen LogP contribution in [0.1, 0.15) is 32.4 Å². The molecule has 0 saturated carbocycles. The SMILES string of the molecule is CCN(Cc1ccco1)C(=O)N1CCCC(C)(C(=O)O)C1. The van der Waals surface area contributed by atoms with E-state index in [-0.39, 0.29) is 12.6 Å². The quantitative estimate of drug-likeness (QED) is 0.925. The van der Waals surface area contributed by atoms with Crippen LogP contribution in [0.15, 0.2) is 22.8 Å². The van der Waals surface area contributed by atoms with E-state index in [0.29, 0.717) is 32.5 Å². The van der Waals surface area contributed by atoms with Crippen molar-refractivity contribution in [3.63, 3.8) is 0 Å². The Kier molecular flexibility index (Phi) is 4.55. The summed E-state index contributed by atoms with van der Waals surface area (Å²) in [6.45, 7) is 5.44. The number of carbonyl (C=O) groups excluding carboxylic acids is 1. The van der Waals surface area contributed by atoms with Gasteiger partial charge in [0.05, 0.1) is 18.2 Å². The minimum absolute atomic E-state index is 0.124. The second kappa shape index (κ2) is 6.20. The van der Waals surface area contributed by atoms with Crippen LogP contribution in [0.5, 0.6) is 0 Å². The number of likely N-dealkylation sites (tertiary alicyclic amines) is 1. The first kappa shape index (κ1) is 15.4. The van der Waals surface area contributed by atoms with Gasteiger partial charge in [-0.3, -0.25) is 4.79 Å². The van der Waals surface area contributed by atoms with E-state index in [4.69, 9.17) is 4.42 Å². The number of amides is 2. The summed E-state index contributed by atoms with van der Waals surface area (Å²) in [6, 6.07) is 3.49. The number of hydrogen-bond acceptors (Lipinski definition) is 3. The minimum Gasteiger partial charge on any atom is -0.481 e. The predicted octanol–water partition coefficient (Wildman–Crippen LogP) is 2.41. The second-order valence-electron chi connectivity index (χ2n) is 5.77. The lowest BCUT2D eigenvalue weighted by atomic mass is 9.82. The molecule has 116 valence electrons. The number of carboxylic acids is 1. The first-order valence-electron chi connectivity index (χ1n) is 7.26. The lowest BCUT2D eigenvalue weighted by Crippen LogP contribution is -2.52. The molecule has 0 spiro atoms. The first-order valence-corrected chi connectivity index (χ1v) is 7.26. The fraction of sp³-hybridized carbons (Fsp3) is 0.600. The Morgan fingerprint density at radius 3 is 2.86 bits per heavy atom. The molecule has 0 radical (unpaired) electrons. The Bertz CT molecular complexity index is 500. The summed E-state index contributed by atoms with van der Waals surface area (Å²) in [6.07, 6.45) is 2.90. The number of piperidine rings is 1. The molecule has 1 aliphatic heterocycles. The summed E-state index contributed by atoms with van der Waals surface area (Å²) in [5.41, 5.74) is -0.849. The monoisotopic (exact) mass is 294 g/mol. The number of hydrogen-bond donors (Lipinski definition) is 1. The van der Waals surface area contributed by atoms with E-state index in [0.717, 1.165) is 5.76 Å². The molecule has 6 nitrogen and oxygen atoms in total. The van der Waals surface area contributed by atoms with Crippen LogP contribution in [-0.2, 0) is 11.3 Å². The Labute approximate surface area is 124 Å². The molecular formula is C15H22N2O4. The first-order chi connectivity index (χ1) is 9.96. The van der Waals surface area contributed by atoms with E-state index in [1.54, 1.807) is 29.1 Å². The third-order valence-electron chi connectivity index (χ3n) is 4.06. The molecule has 2 heterocycles. The molecule has 0 aromatic carbocycles. The van der Waals surface area contributed by atoms with E-state index in [1.807, 2.05) is 13.0 Å². The summed E-state index contributed by atoms with van der Waals surface area (Å²) in [5, 5.41) is 9.33. The van der Waals surface area contributed by atoms with Crippen LogP contribution in [0.4, 0.5) is 4.79 Å². The van der Waals surface area contributed by atoms with Gasteiger partial charge in [0.15, 0.2) is 0 Å². The number of carboxylic acid groups (broad SMARTS) is 1. The van der Waals surface area contributed by atoms with E-state index in [2.05, 4.69) is 0 Å². The number of rotatable bonds is 4. The molecule has 0 bridgehead atoms. The Balaban J connectivity index is 2.05. The number of nitrogens with zero attached hydrogens (tertiary/aromatic N) is 2. The molecule has 21 heavy (non-hydrogen) atoms. The van der Waals surface area contributed by atoms with Gasteiger partial charge in [0.25, 0.3) is 0 Å². The van der Waals surface area contributed by atoms with Crippen LogP contribution in [0.2, 0.25) is 0 Å². The van der Waals surface area contributed by atoms with Crippen LogP contribution >= 0.6 is 0 Å². The Morgan fingerprint density at radius 1 is 1.52 bits per heavy atom. The molecule has 1 aliphatic rings. The van der Waals surface area contributed by atoms with Gasteiger partial charge in [0.2, 0.25) is 0 Å². The van der Waals surface area contributed by atoms with Gasteiger partial charge < -0.3 is 19.3 Å². The van der Waals surface area contributed by atoms with Gasteiger partial charge >= 0.3 is 12.0 Å². The third-order valence-corrected chi connectivity index (χ3v) is 4.06. The molecular weight excluding hydrogens is 272 g/mol. The largest absolute Gasteiger partial charge is 0.481 e. The zero-order valence-electron chi connectivity index (χ0n) is 12.5. The normalized spacial score (nSPS) is 22.1. The standard InChI is InChI=1S/C15H22N2O4/c1-3-16(10-12-6-4-9-21-12)14(20)17-8-5-7-15(2,11-17)13(18)19/h4,6,9H,3,5,7-8,10-11H2,1-2H3,(H,18,19). The van der Waals surface area contributed by atoms with E-state index < -0.39 is 11.4 Å². The van der Waals surface area contributed by atoms with Gasteiger partial charge in [-0.25, -0.2) is 4.79 Å². The van der Waals surface area contributed by atoms with Crippen molar-refractivity contribution in [3.8, 4) is 0 Å². The topological polar surface area (TPSA) is 74.0 Å². The zero-order chi connectivity index (χ0) is 15.5. The molecule has 0 aliphatic carbocycles. The fourth-order valence-corrected chi connectivity index (χ4v) is 2.68. The maximum Gasteiger partial charge on any atom is 0.320 e. The Hall–Kier alpha value is -1.98. The molecule has 1 atom stereocenters. The highest BCUT2D eigenvalue weighted by molar-refractivity contribution is 5.78. The van der Waals surface area contributed by atoms with Crippen LogP contribution in [0, 0.1) is 5.41 Å². The molecule has 1 saturated heterocycles. The maximum absolute atomic E-state index is 12.6. The zero-order valence-corrected chi connectivity index (χ0v) is 12.5. The van der Waals surface area contributed by atoms with Crippen molar-refractivity contribution >= 4 is 12.0 Å². The lowest BCUT2D eigenvalue weighted by Gasteiger charge is -2.39. The van der Waals surface area contributed by atoms with Gasteiger partial charge in [0.1, 0.15) is 5.76 Å². The highest BCUT2D eigenvalue weighted by Crippen LogP contribution is 2.30. The van der Waals surface area contributed by atoms with Crippen molar-refractivity contribution < 1.29 is 19.1 Å². The van der Waals surface area contributed by atoms with Crippen molar-refractivity contribution in [1.29, 1.82) is 0 Å². The van der Waals surface area contributed by atoms with Gasteiger partial charge in [-0.05, 0) is 38.8 Å². The van der Waals surface area contributed by atoms with Crippen LogP contribution in [0.3, 0.4) is 0 Å². The third kappa shape index (κ3) is 3.37. The van der Waals surface area contributed by atoms with Crippen molar-refractivity contribution in [2.24, 2.45) is 5.41 Å². The average Bonchev–Trinajstić information content (AvgIpc) is 2.97. The number of urea groups is 1. The molecule has 1 N–H and O–H groups in total. The highest BCUT2D eigenvalue weighted by Gasteiger charge is 2.40. The number of carbonyl (C=O) groups is 2. The van der Waals surface area contributed by atoms with E-state index >= 15 is 0 Å². The number of aliphatic carboxylic acids is 1. The second-order valence-corrected chi connectivity index (χ2v) is 5.77. The summed E-state index contributed by atoms with van der Waals surface area (Å²) in [7, 11) is 0. The summed E-state index contributed by atoms with van der Waals surface area (Å²) in [4.78, 5) is 27.3. The minimum atomic E-state index is -0.849. The lowest BCUT2D eigenvalue weighted by molar-refractivity contribution is -0.150. The average molecular weight is 294 g/mol. The van der Waals surface area contributed by atoms with Crippen LogP contribution < -0.4 is 0 Å². The molecule has 1 aromatic heterocycles. The number of furan rings is 1. The molecule has 2 rings (SSSR count). The summed E-state index contributed by atoms with van der Waals surface area (Å²) < 4.78 is 5.28. The summed E-state index contributed by atoms with van der Waals surface area (Å²) in [5.74, 6) is -0.114.